The number of anilines is 1. The smallest absolute Gasteiger partial charge is 0.225 e. The molecule has 2 heterocycles. The molecule has 0 unspecified atom stereocenters. The van der Waals surface area contributed by atoms with Gasteiger partial charge in [0.1, 0.15) is 5.75 Å². The van der Waals surface area contributed by atoms with E-state index in [0.717, 1.165) is 49.8 Å². The molecule has 1 aromatic carbocycles. The van der Waals surface area contributed by atoms with Crippen molar-refractivity contribution in [3.8, 4) is 5.75 Å². The summed E-state index contributed by atoms with van der Waals surface area (Å²) in [4.78, 5) is 11.3. The third-order valence-electron chi connectivity index (χ3n) is 3.62. The van der Waals surface area contributed by atoms with Crippen molar-refractivity contribution in [2.75, 3.05) is 31.1 Å². The molecular weight excluding hydrogens is 264 g/mol. The quantitative estimate of drug-likeness (QED) is 0.896. The van der Waals surface area contributed by atoms with Crippen LogP contribution in [0, 0.1) is 0 Å². The molecule has 0 saturated carbocycles. The monoisotopic (exact) mass is 284 g/mol. The van der Waals surface area contributed by atoms with E-state index in [1.54, 1.807) is 12.1 Å². The first-order valence-electron chi connectivity index (χ1n) is 7.37. The average Bonchev–Trinajstić information content (AvgIpc) is 2.77. The standard InChI is InChI=1S/C16H20N4O/c21-15-4-1-3-13(12-15)11-14-5-7-18-16(19-14)20-9-2-6-17-8-10-20/h1,3-5,7,12,17,21H,2,6,8-11H2. The van der Waals surface area contributed by atoms with E-state index in [4.69, 9.17) is 0 Å². The van der Waals surface area contributed by atoms with E-state index in [1.807, 2.05) is 24.4 Å². The van der Waals surface area contributed by atoms with Gasteiger partial charge in [0, 0.05) is 32.3 Å². The Morgan fingerprint density at radius 1 is 1.19 bits per heavy atom. The van der Waals surface area contributed by atoms with Crippen LogP contribution in [-0.4, -0.2) is 41.3 Å². The molecule has 0 spiro atoms. The zero-order valence-electron chi connectivity index (χ0n) is 12.0. The number of aromatic nitrogens is 2. The zero-order chi connectivity index (χ0) is 14.5. The van der Waals surface area contributed by atoms with Gasteiger partial charge in [-0.15, -0.1) is 0 Å². The SMILES string of the molecule is Oc1cccc(Cc2ccnc(N3CCCNCC3)n2)c1. The summed E-state index contributed by atoms with van der Waals surface area (Å²) in [6.07, 6.45) is 3.63. The van der Waals surface area contributed by atoms with Crippen LogP contribution in [0.15, 0.2) is 36.5 Å². The highest BCUT2D eigenvalue weighted by Crippen LogP contribution is 2.16. The van der Waals surface area contributed by atoms with Gasteiger partial charge in [-0.05, 0) is 36.7 Å². The Morgan fingerprint density at radius 3 is 3.05 bits per heavy atom. The number of phenols is 1. The predicted molar refractivity (Wildman–Crippen MR) is 82.6 cm³/mol. The summed E-state index contributed by atoms with van der Waals surface area (Å²) in [5.41, 5.74) is 2.03. The molecular formula is C16H20N4O. The van der Waals surface area contributed by atoms with Crippen molar-refractivity contribution >= 4 is 5.95 Å². The van der Waals surface area contributed by atoms with Crippen LogP contribution in [0.1, 0.15) is 17.7 Å². The van der Waals surface area contributed by atoms with Crippen LogP contribution in [0.3, 0.4) is 0 Å². The van der Waals surface area contributed by atoms with Gasteiger partial charge in [-0.1, -0.05) is 12.1 Å². The van der Waals surface area contributed by atoms with E-state index in [2.05, 4.69) is 20.2 Å². The summed E-state index contributed by atoms with van der Waals surface area (Å²) >= 11 is 0. The summed E-state index contributed by atoms with van der Waals surface area (Å²) < 4.78 is 0. The molecule has 21 heavy (non-hydrogen) atoms. The average molecular weight is 284 g/mol. The molecule has 2 aromatic rings. The van der Waals surface area contributed by atoms with Crippen molar-refractivity contribution in [1.29, 1.82) is 0 Å². The van der Waals surface area contributed by atoms with E-state index in [0.29, 0.717) is 12.2 Å². The minimum atomic E-state index is 0.292. The fourth-order valence-corrected chi connectivity index (χ4v) is 2.56. The zero-order valence-corrected chi connectivity index (χ0v) is 12.0. The van der Waals surface area contributed by atoms with Crippen molar-refractivity contribution in [2.45, 2.75) is 12.8 Å². The Hall–Kier alpha value is -2.14. The number of nitrogens with zero attached hydrogens (tertiary/aromatic N) is 3. The molecule has 2 N–H and O–H groups in total. The number of phenolic OH excluding ortho intramolecular Hbond substituents is 1. The number of rotatable bonds is 3. The van der Waals surface area contributed by atoms with Gasteiger partial charge in [-0.3, -0.25) is 0 Å². The van der Waals surface area contributed by atoms with Gasteiger partial charge in [-0.25, -0.2) is 9.97 Å². The topological polar surface area (TPSA) is 61.3 Å². The fraction of sp³-hybridized carbons (Fsp3) is 0.375. The first-order valence-corrected chi connectivity index (χ1v) is 7.37. The summed E-state index contributed by atoms with van der Waals surface area (Å²) in [6.45, 7) is 3.96. The minimum Gasteiger partial charge on any atom is -0.508 e. The lowest BCUT2D eigenvalue weighted by Gasteiger charge is -2.20. The van der Waals surface area contributed by atoms with Crippen LogP contribution >= 0.6 is 0 Å². The minimum absolute atomic E-state index is 0.292. The number of hydrogen-bond donors (Lipinski definition) is 2. The van der Waals surface area contributed by atoms with Crippen molar-refractivity contribution < 1.29 is 5.11 Å². The Kier molecular flexibility index (Phi) is 4.31. The Labute approximate surface area is 124 Å². The molecule has 1 aliphatic heterocycles. The van der Waals surface area contributed by atoms with Gasteiger partial charge in [0.2, 0.25) is 5.95 Å². The highest BCUT2D eigenvalue weighted by Gasteiger charge is 2.12. The maximum atomic E-state index is 9.53. The first kappa shape index (κ1) is 13.8. The lowest BCUT2D eigenvalue weighted by Crippen LogP contribution is -2.29. The van der Waals surface area contributed by atoms with E-state index >= 15 is 0 Å². The Bertz CT molecular complexity index is 594. The molecule has 0 amide bonds. The summed E-state index contributed by atoms with van der Waals surface area (Å²) in [6, 6.07) is 9.24. The molecule has 0 aliphatic carbocycles. The van der Waals surface area contributed by atoms with Crippen molar-refractivity contribution in [3.05, 3.63) is 47.8 Å². The highest BCUT2D eigenvalue weighted by atomic mass is 16.3. The van der Waals surface area contributed by atoms with Crippen LogP contribution in [0.2, 0.25) is 0 Å². The lowest BCUT2D eigenvalue weighted by atomic mass is 10.1. The van der Waals surface area contributed by atoms with Gasteiger partial charge in [0.15, 0.2) is 0 Å². The summed E-state index contributed by atoms with van der Waals surface area (Å²) in [7, 11) is 0. The van der Waals surface area contributed by atoms with Crippen LogP contribution < -0.4 is 10.2 Å². The second kappa shape index (κ2) is 6.54. The fourth-order valence-electron chi connectivity index (χ4n) is 2.56. The molecule has 1 saturated heterocycles. The summed E-state index contributed by atoms with van der Waals surface area (Å²) in [5, 5.41) is 12.9. The molecule has 110 valence electrons. The maximum absolute atomic E-state index is 9.53. The predicted octanol–water partition coefficient (Wildman–Crippen LogP) is 1.57. The van der Waals surface area contributed by atoms with Crippen LogP contribution in [-0.2, 0) is 6.42 Å². The van der Waals surface area contributed by atoms with Gasteiger partial charge in [0.25, 0.3) is 0 Å². The molecule has 1 fully saturated rings. The number of nitrogens with one attached hydrogen (secondary N) is 1. The molecule has 0 radical (unpaired) electrons. The molecule has 5 heteroatoms. The highest BCUT2D eigenvalue weighted by molar-refractivity contribution is 5.34. The van der Waals surface area contributed by atoms with E-state index in [1.165, 1.54) is 0 Å². The van der Waals surface area contributed by atoms with E-state index in [-0.39, 0.29) is 0 Å². The molecule has 5 nitrogen and oxygen atoms in total. The lowest BCUT2D eigenvalue weighted by molar-refractivity contribution is 0.474. The number of benzene rings is 1. The molecule has 0 bridgehead atoms. The van der Waals surface area contributed by atoms with Crippen LogP contribution in [0.5, 0.6) is 5.75 Å². The molecule has 1 aliphatic rings. The second-order valence-corrected chi connectivity index (χ2v) is 5.29. The molecule has 0 atom stereocenters. The maximum Gasteiger partial charge on any atom is 0.225 e. The van der Waals surface area contributed by atoms with Gasteiger partial charge in [-0.2, -0.15) is 0 Å². The number of aromatic hydroxyl groups is 1. The van der Waals surface area contributed by atoms with Crippen LogP contribution in [0.4, 0.5) is 5.95 Å². The van der Waals surface area contributed by atoms with E-state index in [9.17, 15) is 5.11 Å². The van der Waals surface area contributed by atoms with Gasteiger partial charge >= 0.3 is 0 Å². The van der Waals surface area contributed by atoms with Crippen molar-refractivity contribution in [3.63, 3.8) is 0 Å². The van der Waals surface area contributed by atoms with Crippen LogP contribution in [0.25, 0.3) is 0 Å². The first-order chi connectivity index (χ1) is 10.3. The van der Waals surface area contributed by atoms with Crippen molar-refractivity contribution in [1.82, 2.24) is 15.3 Å². The third-order valence-corrected chi connectivity index (χ3v) is 3.62. The molecule has 3 rings (SSSR count). The second-order valence-electron chi connectivity index (χ2n) is 5.29. The van der Waals surface area contributed by atoms with Gasteiger partial charge in [0.05, 0.1) is 5.69 Å². The normalized spacial score (nSPS) is 15.7. The Balaban J connectivity index is 1.76. The largest absolute Gasteiger partial charge is 0.508 e. The van der Waals surface area contributed by atoms with E-state index < -0.39 is 0 Å². The third kappa shape index (κ3) is 3.70. The summed E-state index contributed by atoms with van der Waals surface area (Å²) in [5.74, 6) is 1.09. The van der Waals surface area contributed by atoms with Crippen molar-refractivity contribution in [2.24, 2.45) is 0 Å². The number of hydrogen-bond acceptors (Lipinski definition) is 5. The van der Waals surface area contributed by atoms with Gasteiger partial charge < -0.3 is 15.3 Å². The Morgan fingerprint density at radius 2 is 2.14 bits per heavy atom. The molecule has 1 aromatic heterocycles.